The average Bonchev–Trinajstić information content (AvgIpc) is 3.33. The number of aliphatic hydroxyl groups excluding tert-OH is 1. The topological polar surface area (TPSA) is 123 Å². The first-order valence-electron chi connectivity index (χ1n) is 11.7. The maximum atomic E-state index is 12.3. The summed E-state index contributed by atoms with van der Waals surface area (Å²) in [6.45, 7) is 2.99. The number of nitrogens with zero attached hydrogens (tertiary/aromatic N) is 3. The van der Waals surface area contributed by atoms with Crippen molar-refractivity contribution in [3.63, 3.8) is 0 Å². The molecular weight excluding hydrogens is 472 g/mol. The number of carbonyl (C=O) groups is 2. The molecule has 1 saturated heterocycles. The van der Waals surface area contributed by atoms with Gasteiger partial charge in [-0.1, -0.05) is 36.8 Å². The summed E-state index contributed by atoms with van der Waals surface area (Å²) < 4.78 is 12.1. The molecule has 2 unspecified atom stereocenters. The molecule has 2 heterocycles. The Kier molecular flexibility index (Phi) is 10.6. The number of aliphatic hydroxyl groups is 1. The van der Waals surface area contributed by atoms with Crippen molar-refractivity contribution >= 4 is 29.6 Å². The molecule has 2 N–H and O–H groups in total. The molecule has 2 atom stereocenters. The molecule has 0 bridgehead atoms. The summed E-state index contributed by atoms with van der Waals surface area (Å²) in [7, 11) is 0. The molecule has 0 radical (unpaired) electrons. The standard InChI is InChI=1S/C24H32N4O6S/c1-2-33-24(32)27(15-18-9-5-3-6-10-18)13-8-4-7-11-20(30)25-19-12-14-28(23(31)26-19)21-17-35-22(16-29)34-21/h3,5-6,9-10,12,14,21-22,29H,2,4,7-8,11,13,15-17H2,1H3,(H,25,26,30,31). The van der Waals surface area contributed by atoms with E-state index in [1.165, 1.54) is 22.5 Å². The molecule has 11 heteroatoms. The van der Waals surface area contributed by atoms with Gasteiger partial charge in [-0.25, -0.2) is 9.59 Å². The first kappa shape index (κ1) is 26.7. The van der Waals surface area contributed by atoms with Gasteiger partial charge in [0.15, 0.2) is 0 Å². The van der Waals surface area contributed by atoms with E-state index < -0.39 is 11.9 Å². The molecule has 0 spiro atoms. The Balaban J connectivity index is 1.40. The zero-order chi connectivity index (χ0) is 25.0. The van der Waals surface area contributed by atoms with Gasteiger partial charge in [0.2, 0.25) is 5.91 Å². The molecule has 3 rings (SSSR count). The van der Waals surface area contributed by atoms with Crippen molar-refractivity contribution in [3.05, 3.63) is 58.6 Å². The fourth-order valence-electron chi connectivity index (χ4n) is 3.61. The average molecular weight is 505 g/mol. The number of carbonyl (C=O) groups excluding carboxylic acids is 2. The summed E-state index contributed by atoms with van der Waals surface area (Å²) in [6.07, 6.45) is 3.12. The van der Waals surface area contributed by atoms with Gasteiger partial charge < -0.3 is 24.8 Å². The smallest absolute Gasteiger partial charge is 0.410 e. The molecule has 1 fully saturated rings. The van der Waals surface area contributed by atoms with Crippen LogP contribution < -0.4 is 11.0 Å². The molecule has 1 aliphatic heterocycles. The third kappa shape index (κ3) is 8.37. The molecular formula is C24H32N4O6S. The first-order chi connectivity index (χ1) is 17.0. The lowest BCUT2D eigenvalue weighted by Gasteiger charge is -2.22. The second-order valence-electron chi connectivity index (χ2n) is 8.00. The van der Waals surface area contributed by atoms with Gasteiger partial charge in [-0.15, -0.1) is 11.8 Å². The highest BCUT2D eigenvalue weighted by Crippen LogP contribution is 2.30. The van der Waals surface area contributed by atoms with Crippen molar-refractivity contribution in [2.45, 2.75) is 50.8 Å². The largest absolute Gasteiger partial charge is 0.450 e. The second kappa shape index (κ2) is 13.9. The SMILES string of the molecule is CCOC(=O)N(CCCCCC(=O)Nc1ccn(C2CSC(CO)O2)c(=O)n1)Cc1ccccc1. The fraction of sp³-hybridized carbons (Fsp3) is 0.500. The van der Waals surface area contributed by atoms with E-state index in [4.69, 9.17) is 14.6 Å². The number of hydrogen-bond donors (Lipinski definition) is 2. The zero-order valence-electron chi connectivity index (χ0n) is 19.8. The molecule has 2 aromatic rings. The molecule has 0 aliphatic carbocycles. The lowest BCUT2D eigenvalue weighted by atomic mass is 10.1. The summed E-state index contributed by atoms with van der Waals surface area (Å²) in [5.74, 6) is 0.503. The Hall–Kier alpha value is -2.89. The minimum atomic E-state index is -0.524. The summed E-state index contributed by atoms with van der Waals surface area (Å²) in [4.78, 5) is 42.5. The predicted molar refractivity (Wildman–Crippen MR) is 133 cm³/mol. The number of rotatable bonds is 12. The molecule has 2 amide bonds. The Labute approximate surface area is 208 Å². The highest BCUT2D eigenvalue weighted by atomic mass is 32.2. The van der Waals surface area contributed by atoms with Crippen LogP contribution in [0.15, 0.2) is 47.4 Å². The van der Waals surface area contributed by atoms with Crippen LogP contribution in [0.5, 0.6) is 0 Å². The maximum absolute atomic E-state index is 12.3. The van der Waals surface area contributed by atoms with Crippen LogP contribution in [-0.2, 0) is 20.8 Å². The quantitative estimate of drug-likeness (QED) is 0.423. The van der Waals surface area contributed by atoms with Gasteiger partial charge >= 0.3 is 11.8 Å². The van der Waals surface area contributed by atoms with Gasteiger partial charge in [-0.2, -0.15) is 4.98 Å². The highest BCUT2D eigenvalue weighted by Gasteiger charge is 2.27. The fourth-order valence-corrected chi connectivity index (χ4v) is 4.54. The lowest BCUT2D eigenvalue weighted by Crippen LogP contribution is -2.32. The van der Waals surface area contributed by atoms with Crippen LogP contribution in [-0.4, -0.2) is 62.5 Å². The second-order valence-corrected chi connectivity index (χ2v) is 9.20. The maximum Gasteiger partial charge on any atom is 0.410 e. The summed E-state index contributed by atoms with van der Waals surface area (Å²) in [5, 5.41) is 11.8. The van der Waals surface area contributed by atoms with Crippen LogP contribution >= 0.6 is 11.8 Å². The van der Waals surface area contributed by atoms with Crippen LogP contribution in [0, 0.1) is 0 Å². The van der Waals surface area contributed by atoms with Crippen molar-refractivity contribution in [1.29, 1.82) is 0 Å². The Morgan fingerprint density at radius 2 is 2.06 bits per heavy atom. The Morgan fingerprint density at radius 3 is 2.74 bits per heavy atom. The van der Waals surface area contributed by atoms with Gasteiger partial charge in [0, 0.05) is 31.5 Å². The number of anilines is 1. The molecule has 0 saturated carbocycles. The number of aromatic nitrogens is 2. The number of ether oxygens (including phenoxy) is 2. The number of benzene rings is 1. The number of hydrogen-bond acceptors (Lipinski definition) is 8. The van der Waals surface area contributed by atoms with E-state index in [2.05, 4.69) is 10.3 Å². The van der Waals surface area contributed by atoms with E-state index in [1.54, 1.807) is 17.9 Å². The first-order valence-corrected chi connectivity index (χ1v) is 12.8. The number of unbranched alkanes of at least 4 members (excludes halogenated alkanes) is 2. The Morgan fingerprint density at radius 1 is 1.26 bits per heavy atom. The third-order valence-corrected chi connectivity index (χ3v) is 6.47. The molecule has 1 aromatic heterocycles. The minimum absolute atomic E-state index is 0.120. The lowest BCUT2D eigenvalue weighted by molar-refractivity contribution is -0.116. The van der Waals surface area contributed by atoms with E-state index in [9.17, 15) is 14.4 Å². The summed E-state index contributed by atoms with van der Waals surface area (Å²) >= 11 is 1.43. The minimum Gasteiger partial charge on any atom is -0.450 e. The van der Waals surface area contributed by atoms with E-state index in [-0.39, 0.29) is 36.3 Å². The van der Waals surface area contributed by atoms with Crippen LogP contribution in [0.1, 0.15) is 44.4 Å². The normalized spacial score (nSPS) is 17.2. The highest BCUT2D eigenvalue weighted by molar-refractivity contribution is 8.00. The number of thioether (sulfide) groups is 1. The van der Waals surface area contributed by atoms with E-state index in [0.29, 0.717) is 31.9 Å². The molecule has 10 nitrogen and oxygen atoms in total. The van der Waals surface area contributed by atoms with Gasteiger partial charge in [0.05, 0.1) is 13.2 Å². The van der Waals surface area contributed by atoms with Gasteiger partial charge in [0.25, 0.3) is 0 Å². The Bertz CT molecular complexity index is 1020. The molecule has 35 heavy (non-hydrogen) atoms. The number of nitrogens with one attached hydrogen (secondary N) is 1. The molecule has 1 aliphatic rings. The van der Waals surface area contributed by atoms with E-state index in [1.807, 2.05) is 30.3 Å². The van der Waals surface area contributed by atoms with Crippen molar-refractivity contribution in [3.8, 4) is 0 Å². The van der Waals surface area contributed by atoms with Crippen LogP contribution in [0.3, 0.4) is 0 Å². The monoisotopic (exact) mass is 504 g/mol. The van der Waals surface area contributed by atoms with Crippen molar-refractivity contribution in [2.24, 2.45) is 0 Å². The van der Waals surface area contributed by atoms with E-state index >= 15 is 0 Å². The molecule has 1 aromatic carbocycles. The van der Waals surface area contributed by atoms with Gasteiger partial charge in [0.1, 0.15) is 17.5 Å². The van der Waals surface area contributed by atoms with Crippen LogP contribution in [0.4, 0.5) is 10.6 Å². The third-order valence-electron chi connectivity index (χ3n) is 5.36. The van der Waals surface area contributed by atoms with Crippen molar-refractivity contribution in [2.75, 3.05) is 30.8 Å². The zero-order valence-corrected chi connectivity index (χ0v) is 20.6. The van der Waals surface area contributed by atoms with E-state index in [0.717, 1.165) is 18.4 Å². The van der Waals surface area contributed by atoms with Gasteiger partial charge in [-0.3, -0.25) is 9.36 Å². The number of amides is 2. The van der Waals surface area contributed by atoms with Crippen LogP contribution in [0.2, 0.25) is 0 Å². The van der Waals surface area contributed by atoms with Crippen LogP contribution in [0.25, 0.3) is 0 Å². The molecule has 190 valence electrons. The van der Waals surface area contributed by atoms with Crippen molar-refractivity contribution in [1.82, 2.24) is 14.5 Å². The predicted octanol–water partition coefficient (Wildman–Crippen LogP) is 2.98. The summed E-state index contributed by atoms with van der Waals surface area (Å²) in [6, 6.07) is 11.3. The summed E-state index contributed by atoms with van der Waals surface area (Å²) in [5.41, 5.74) is 0.152. The van der Waals surface area contributed by atoms with Gasteiger partial charge in [-0.05, 0) is 31.4 Å². The van der Waals surface area contributed by atoms with Crippen molar-refractivity contribution < 1.29 is 24.2 Å².